The largest absolute Gasteiger partial charge is 0.378 e. The van der Waals surface area contributed by atoms with Crippen LogP contribution in [0.4, 0.5) is 28.7 Å². The number of anilines is 5. The minimum Gasteiger partial charge on any atom is -0.378 e. The van der Waals surface area contributed by atoms with E-state index in [1.54, 1.807) is 6.33 Å². The van der Waals surface area contributed by atoms with Crippen molar-refractivity contribution in [1.82, 2.24) is 9.97 Å². The second-order valence-corrected chi connectivity index (χ2v) is 6.30. The Balaban J connectivity index is 1.76. The molecule has 0 radical (unpaired) electrons. The fourth-order valence-electron chi connectivity index (χ4n) is 2.49. The van der Waals surface area contributed by atoms with E-state index >= 15 is 0 Å². The molecule has 2 N–H and O–H groups in total. The minimum atomic E-state index is 0.750. The first-order valence-electron chi connectivity index (χ1n) is 8.22. The zero-order valence-corrected chi connectivity index (χ0v) is 15.0. The highest BCUT2D eigenvalue weighted by Gasteiger charge is 2.04. The van der Waals surface area contributed by atoms with Gasteiger partial charge in [-0.3, -0.25) is 0 Å². The summed E-state index contributed by atoms with van der Waals surface area (Å²) in [5.41, 5.74) is 5.59. The first kappa shape index (κ1) is 16.8. The van der Waals surface area contributed by atoms with Gasteiger partial charge in [-0.25, -0.2) is 9.97 Å². The fourth-order valence-corrected chi connectivity index (χ4v) is 2.49. The molecular weight excluding hydrogens is 310 g/mol. The molecule has 1 heterocycles. The molecule has 0 aliphatic rings. The molecule has 128 valence electrons. The van der Waals surface area contributed by atoms with Crippen molar-refractivity contribution >= 4 is 28.7 Å². The van der Waals surface area contributed by atoms with Gasteiger partial charge in [0.1, 0.15) is 18.0 Å². The standard InChI is InChI=1S/C20H23N5/c1-14-5-6-15(2)18(11-14)24-20-12-19(21-13-22-20)23-16-7-9-17(10-8-16)25(3)4/h5-13H,1-4H3,(H2,21,22,23,24). The SMILES string of the molecule is Cc1ccc(C)c(Nc2cc(Nc3ccc(N(C)C)cc3)ncn2)c1. The predicted octanol–water partition coefficient (Wildman–Crippen LogP) is 4.65. The fraction of sp³-hybridized carbons (Fsp3) is 0.200. The Hall–Kier alpha value is -3.08. The van der Waals surface area contributed by atoms with Crippen LogP contribution in [0.3, 0.4) is 0 Å². The number of nitrogens with one attached hydrogen (secondary N) is 2. The topological polar surface area (TPSA) is 53.1 Å². The third-order valence-electron chi connectivity index (χ3n) is 3.98. The van der Waals surface area contributed by atoms with Crippen molar-refractivity contribution in [3.05, 3.63) is 66.0 Å². The summed E-state index contributed by atoms with van der Waals surface area (Å²) >= 11 is 0. The summed E-state index contributed by atoms with van der Waals surface area (Å²) in [7, 11) is 4.05. The molecule has 5 heteroatoms. The monoisotopic (exact) mass is 333 g/mol. The summed E-state index contributed by atoms with van der Waals surface area (Å²) in [5, 5.41) is 6.68. The molecule has 0 fully saturated rings. The molecule has 0 aliphatic heterocycles. The summed E-state index contributed by atoms with van der Waals surface area (Å²) in [5.74, 6) is 1.51. The molecule has 0 aliphatic carbocycles. The van der Waals surface area contributed by atoms with E-state index in [-0.39, 0.29) is 0 Å². The van der Waals surface area contributed by atoms with Crippen molar-refractivity contribution < 1.29 is 0 Å². The van der Waals surface area contributed by atoms with Gasteiger partial charge >= 0.3 is 0 Å². The quantitative estimate of drug-likeness (QED) is 0.712. The first-order valence-corrected chi connectivity index (χ1v) is 8.22. The molecule has 1 aromatic heterocycles. The zero-order chi connectivity index (χ0) is 17.8. The molecule has 5 nitrogen and oxygen atoms in total. The van der Waals surface area contributed by atoms with Crippen molar-refractivity contribution in [2.24, 2.45) is 0 Å². The van der Waals surface area contributed by atoms with Crippen molar-refractivity contribution in [3.63, 3.8) is 0 Å². The van der Waals surface area contributed by atoms with E-state index < -0.39 is 0 Å². The van der Waals surface area contributed by atoms with E-state index in [0.29, 0.717) is 0 Å². The number of hydrogen-bond donors (Lipinski definition) is 2. The third kappa shape index (κ3) is 4.26. The molecule has 0 saturated heterocycles. The second kappa shape index (κ2) is 7.21. The molecule has 25 heavy (non-hydrogen) atoms. The average molecular weight is 333 g/mol. The number of benzene rings is 2. The molecule has 0 bridgehead atoms. The van der Waals surface area contributed by atoms with Crippen LogP contribution in [0.5, 0.6) is 0 Å². The lowest BCUT2D eigenvalue weighted by Gasteiger charge is -2.14. The van der Waals surface area contributed by atoms with Crippen molar-refractivity contribution in [2.75, 3.05) is 29.6 Å². The van der Waals surface area contributed by atoms with E-state index in [2.05, 4.69) is 69.7 Å². The molecule has 0 amide bonds. The number of hydrogen-bond acceptors (Lipinski definition) is 5. The van der Waals surface area contributed by atoms with Gasteiger partial charge in [-0.15, -0.1) is 0 Å². The number of aromatic nitrogens is 2. The summed E-state index contributed by atoms with van der Waals surface area (Å²) in [6, 6.07) is 16.4. The number of rotatable bonds is 5. The lowest BCUT2D eigenvalue weighted by molar-refractivity contribution is 1.13. The summed E-state index contributed by atoms with van der Waals surface area (Å²) in [6.07, 6.45) is 1.56. The maximum absolute atomic E-state index is 4.32. The summed E-state index contributed by atoms with van der Waals surface area (Å²) in [4.78, 5) is 10.7. The van der Waals surface area contributed by atoms with Gasteiger partial charge in [0.15, 0.2) is 0 Å². The molecule has 0 spiro atoms. The highest BCUT2D eigenvalue weighted by Crippen LogP contribution is 2.23. The molecule has 0 saturated carbocycles. The van der Waals surface area contributed by atoms with Crippen LogP contribution in [0.1, 0.15) is 11.1 Å². The predicted molar refractivity (Wildman–Crippen MR) is 105 cm³/mol. The maximum Gasteiger partial charge on any atom is 0.135 e. The van der Waals surface area contributed by atoms with E-state index in [9.17, 15) is 0 Å². The highest BCUT2D eigenvalue weighted by molar-refractivity contribution is 5.66. The van der Waals surface area contributed by atoms with Crippen LogP contribution in [0, 0.1) is 13.8 Å². The Morgan fingerprint density at radius 2 is 1.48 bits per heavy atom. The average Bonchev–Trinajstić information content (AvgIpc) is 2.59. The van der Waals surface area contributed by atoms with Crippen LogP contribution < -0.4 is 15.5 Å². The van der Waals surface area contributed by atoms with Gasteiger partial charge in [-0.1, -0.05) is 12.1 Å². The van der Waals surface area contributed by atoms with Crippen LogP contribution in [-0.2, 0) is 0 Å². The van der Waals surface area contributed by atoms with Crippen LogP contribution in [0.25, 0.3) is 0 Å². The van der Waals surface area contributed by atoms with Crippen LogP contribution in [0.2, 0.25) is 0 Å². The van der Waals surface area contributed by atoms with Crippen molar-refractivity contribution in [2.45, 2.75) is 13.8 Å². The summed E-state index contributed by atoms with van der Waals surface area (Å²) < 4.78 is 0. The second-order valence-electron chi connectivity index (χ2n) is 6.30. The van der Waals surface area contributed by atoms with Gasteiger partial charge in [0.05, 0.1) is 0 Å². The third-order valence-corrected chi connectivity index (χ3v) is 3.98. The first-order chi connectivity index (χ1) is 12.0. The Morgan fingerprint density at radius 1 is 0.800 bits per heavy atom. The Labute approximate surface area is 148 Å². The van der Waals surface area contributed by atoms with Crippen LogP contribution in [0.15, 0.2) is 54.9 Å². The number of nitrogens with zero attached hydrogens (tertiary/aromatic N) is 3. The highest BCUT2D eigenvalue weighted by atomic mass is 15.1. The van der Waals surface area contributed by atoms with Gasteiger partial charge in [0.2, 0.25) is 0 Å². The smallest absolute Gasteiger partial charge is 0.135 e. The van der Waals surface area contributed by atoms with Crippen LogP contribution >= 0.6 is 0 Å². The van der Waals surface area contributed by atoms with E-state index in [1.165, 1.54) is 11.1 Å². The number of aryl methyl sites for hydroxylation is 2. The Morgan fingerprint density at radius 3 is 2.16 bits per heavy atom. The molecule has 3 rings (SSSR count). The van der Waals surface area contributed by atoms with E-state index in [4.69, 9.17) is 0 Å². The minimum absolute atomic E-state index is 0.750. The van der Waals surface area contributed by atoms with Crippen molar-refractivity contribution in [3.8, 4) is 0 Å². The summed E-state index contributed by atoms with van der Waals surface area (Å²) in [6.45, 7) is 4.16. The zero-order valence-electron chi connectivity index (χ0n) is 15.0. The van der Waals surface area contributed by atoms with Gasteiger partial charge in [0.25, 0.3) is 0 Å². The van der Waals surface area contributed by atoms with E-state index in [1.807, 2.05) is 32.3 Å². The van der Waals surface area contributed by atoms with E-state index in [0.717, 1.165) is 28.7 Å². The van der Waals surface area contributed by atoms with Crippen molar-refractivity contribution in [1.29, 1.82) is 0 Å². The Bertz CT molecular complexity index is 856. The van der Waals surface area contributed by atoms with Crippen LogP contribution in [-0.4, -0.2) is 24.1 Å². The molecular formula is C20H23N5. The lowest BCUT2D eigenvalue weighted by atomic mass is 10.1. The maximum atomic E-state index is 4.32. The lowest BCUT2D eigenvalue weighted by Crippen LogP contribution is -2.08. The normalized spacial score (nSPS) is 10.4. The van der Waals surface area contributed by atoms with Gasteiger partial charge in [-0.2, -0.15) is 0 Å². The van der Waals surface area contributed by atoms with Gasteiger partial charge in [-0.05, 0) is 55.3 Å². The van der Waals surface area contributed by atoms with Gasteiger partial charge in [0, 0.05) is 37.2 Å². The molecule has 3 aromatic rings. The Kier molecular flexibility index (Phi) is 4.84. The molecule has 2 aromatic carbocycles. The molecule has 0 atom stereocenters. The van der Waals surface area contributed by atoms with Gasteiger partial charge < -0.3 is 15.5 Å². The molecule has 0 unspecified atom stereocenters.